The molecule has 0 aliphatic heterocycles. The fourth-order valence-corrected chi connectivity index (χ4v) is 0.650. The van der Waals surface area contributed by atoms with Crippen molar-refractivity contribution in [3.63, 3.8) is 0 Å². The van der Waals surface area contributed by atoms with Crippen LogP contribution in [0.15, 0.2) is 0 Å². The second-order valence-electron chi connectivity index (χ2n) is 2.17. The fraction of sp³-hybridized carbons (Fsp3) is 0. The molecule has 15 heavy (non-hydrogen) atoms. The van der Waals surface area contributed by atoms with E-state index in [9.17, 15) is 29.7 Å². The Balaban J connectivity index is 3.39. The molecule has 0 atom stereocenters. The van der Waals surface area contributed by atoms with Crippen molar-refractivity contribution >= 4 is 17.9 Å². The highest BCUT2D eigenvalue weighted by Gasteiger charge is 2.08. The molecule has 0 aliphatic carbocycles. The summed E-state index contributed by atoms with van der Waals surface area (Å²) in [7, 11) is 0. The van der Waals surface area contributed by atoms with Crippen LogP contribution in [-0.2, 0) is 0 Å². The van der Waals surface area contributed by atoms with Gasteiger partial charge >= 0.3 is 0 Å². The zero-order valence-corrected chi connectivity index (χ0v) is 6.79. The molecule has 0 saturated carbocycles. The minimum atomic E-state index is -1.94. The first kappa shape index (κ1) is 10.5. The van der Waals surface area contributed by atoms with Gasteiger partial charge in [0.1, 0.15) is 17.9 Å². The largest absolute Gasteiger partial charge is 0.541 e. The number of carboxylic acid groups (broad SMARTS) is 3. The molecular weight excluding hydrogens is 210 g/mol. The van der Waals surface area contributed by atoms with E-state index >= 15 is 0 Å². The average molecular weight is 210 g/mol. The molecule has 0 spiro atoms. The Kier molecular flexibility index (Phi) is 2.56. The molecule has 0 fully saturated rings. The van der Waals surface area contributed by atoms with Gasteiger partial charge in [-0.05, 0) is 0 Å². The van der Waals surface area contributed by atoms with Gasteiger partial charge < -0.3 is 29.7 Å². The molecule has 0 amide bonds. The number of nitrogens with zero attached hydrogens (tertiary/aromatic N) is 3. The third-order valence-electron chi connectivity index (χ3n) is 1.18. The molecular formula is C6N3O6-3. The van der Waals surface area contributed by atoms with Crippen LogP contribution in [0.25, 0.3) is 0 Å². The smallest absolute Gasteiger partial charge is 0.179 e. The zero-order valence-electron chi connectivity index (χ0n) is 6.79. The monoisotopic (exact) mass is 210 g/mol. The van der Waals surface area contributed by atoms with E-state index in [1.165, 1.54) is 0 Å². The third kappa shape index (κ3) is 2.21. The normalized spacial score (nSPS) is 9.60. The van der Waals surface area contributed by atoms with Gasteiger partial charge in [0.25, 0.3) is 0 Å². The second-order valence-corrected chi connectivity index (χ2v) is 2.17. The first-order valence-electron chi connectivity index (χ1n) is 3.32. The Bertz CT molecular complexity index is 377. The molecule has 0 bridgehead atoms. The van der Waals surface area contributed by atoms with Gasteiger partial charge in [0.2, 0.25) is 0 Å². The van der Waals surface area contributed by atoms with Gasteiger partial charge in [-0.1, -0.05) is 0 Å². The Morgan fingerprint density at radius 1 is 0.667 bits per heavy atom. The Morgan fingerprint density at radius 3 is 1.00 bits per heavy atom. The zero-order chi connectivity index (χ0) is 11.6. The first-order valence-corrected chi connectivity index (χ1v) is 3.32. The van der Waals surface area contributed by atoms with Crippen molar-refractivity contribution in [3.05, 3.63) is 17.5 Å². The van der Waals surface area contributed by atoms with Gasteiger partial charge in [-0.25, -0.2) is 15.0 Å². The highest BCUT2D eigenvalue weighted by molar-refractivity contribution is 5.88. The summed E-state index contributed by atoms with van der Waals surface area (Å²) in [5.74, 6) is -9.19. The summed E-state index contributed by atoms with van der Waals surface area (Å²) < 4.78 is 0. The van der Waals surface area contributed by atoms with Crippen LogP contribution in [0.5, 0.6) is 0 Å². The van der Waals surface area contributed by atoms with Crippen LogP contribution < -0.4 is 15.3 Å². The van der Waals surface area contributed by atoms with E-state index in [-0.39, 0.29) is 0 Å². The molecule has 1 rings (SSSR count). The molecule has 9 heteroatoms. The molecule has 1 heterocycles. The summed E-state index contributed by atoms with van der Waals surface area (Å²) in [6.07, 6.45) is 0. The number of hydrogen-bond donors (Lipinski definition) is 0. The standard InChI is InChI=1S/C6H3N3O6/c10-4(11)1-7-2(5(12)13)9-3(8-1)6(14)15/h(H,10,11)(H,12,13)(H,14,15)/p-3. The van der Waals surface area contributed by atoms with Crippen molar-refractivity contribution in [1.29, 1.82) is 0 Å². The maximum absolute atomic E-state index is 10.3. The van der Waals surface area contributed by atoms with Crippen LogP contribution in [0.3, 0.4) is 0 Å². The van der Waals surface area contributed by atoms with Gasteiger partial charge in [0, 0.05) is 0 Å². The minimum Gasteiger partial charge on any atom is -0.541 e. The van der Waals surface area contributed by atoms with Crippen LogP contribution in [-0.4, -0.2) is 32.9 Å². The molecule has 9 nitrogen and oxygen atoms in total. The van der Waals surface area contributed by atoms with Gasteiger partial charge in [-0.3, -0.25) is 0 Å². The molecule has 0 saturated heterocycles. The molecule has 1 aromatic rings. The summed E-state index contributed by atoms with van der Waals surface area (Å²) >= 11 is 0. The molecule has 78 valence electrons. The quantitative estimate of drug-likeness (QED) is 0.475. The molecule has 1 aromatic heterocycles. The lowest BCUT2D eigenvalue weighted by Crippen LogP contribution is -2.34. The number of rotatable bonds is 3. The number of carboxylic acids is 3. The van der Waals surface area contributed by atoms with Crippen molar-refractivity contribution in [2.75, 3.05) is 0 Å². The Morgan fingerprint density at radius 2 is 0.867 bits per heavy atom. The SMILES string of the molecule is O=C([O-])c1nc(C(=O)[O-])nc(C(=O)[O-])n1. The predicted molar refractivity (Wildman–Crippen MR) is 32.8 cm³/mol. The molecule has 0 unspecified atom stereocenters. The van der Waals surface area contributed by atoms with Gasteiger partial charge in [0.05, 0.1) is 0 Å². The van der Waals surface area contributed by atoms with E-state index in [1.54, 1.807) is 0 Å². The van der Waals surface area contributed by atoms with Gasteiger partial charge in [-0.2, -0.15) is 0 Å². The first-order chi connectivity index (χ1) is 6.91. The van der Waals surface area contributed by atoms with Crippen LogP contribution in [0.1, 0.15) is 31.9 Å². The van der Waals surface area contributed by atoms with Crippen LogP contribution in [0.2, 0.25) is 0 Å². The van der Waals surface area contributed by atoms with Crippen molar-refractivity contribution in [1.82, 2.24) is 15.0 Å². The molecule has 0 N–H and O–H groups in total. The highest BCUT2D eigenvalue weighted by atomic mass is 16.4. The van der Waals surface area contributed by atoms with E-state index in [1.807, 2.05) is 0 Å². The predicted octanol–water partition coefficient (Wildman–Crippen LogP) is -5.04. The lowest BCUT2D eigenvalue weighted by Gasteiger charge is -2.07. The van der Waals surface area contributed by atoms with Gasteiger partial charge in [-0.15, -0.1) is 0 Å². The Hall–Kier alpha value is -2.58. The van der Waals surface area contributed by atoms with E-state index < -0.39 is 35.4 Å². The number of aromatic nitrogens is 3. The number of carbonyl (C=O) groups is 3. The summed E-state index contributed by atoms with van der Waals surface area (Å²) in [6, 6.07) is 0. The van der Waals surface area contributed by atoms with Crippen molar-refractivity contribution in [3.8, 4) is 0 Å². The average Bonchev–Trinajstić information content (AvgIpc) is 2.16. The molecule has 0 aliphatic rings. The van der Waals surface area contributed by atoms with Crippen molar-refractivity contribution < 1.29 is 29.7 Å². The van der Waals surface area contributed by atoms with Crippen LogP contribution in [0.4, 0.5) is 0 Å². The van der Waals surface area contributed by atoms with E-state index in [2.05, 4.69) is 15.0 Å². The minimum absolute atomic E-state index is 1.12. The Labute approximate surface area is 81.1 Å². The summed E-state index contributed by atoms with van der Waals surface area (Å²) in [5.41, 5.74) is 0. The summed E-state index contributed by atoms with van der Waals surface area (Å²) in [4.78, 5) is 39.4. The maximum Gasteiger partial charge on any atom is 0.179 e. The lowest BCUT2D eigenvalue weighted by atomic mass is 10.5. The lowest BCUT2D eigenvalue weighted by molar-refractivity contribution is -0.257. The number of hydrogen-bond acceptors (Lipinski definition) is 9. The second kappa shape index (κ2) is 3.65. The van der Waals surface area contributed by atoms with E-state index in [4.69, 9.17) is 0 Å². The highest BCUT2D eigenvalue weighted by Crippen LogP contribution is 1.94. The number of carbonyl (C=O) groups excluding carboxylic acids is 3. The van der Waals surface area contributed by atoms with Crippen molar-refractivity contribution in [2.45, 2.75) is 0 Å². The fourth-order valence-electron chi connectivity index (χ4n) is 0.650. The van der Waals surface area contributed by atoms with Gasteiger partial charge in [0.15, 0.2) is 17.5 Å². The molecule has 0 aromatic carbocycles. The van der Waals surface area contributed by atoms with Crippen molar-refractivity contribution in [2.24, 2.45) is 0 Å². The van der Waals surface area contributed by atoms with E-state index in [0.29, 0.717) is 0 Å². The van der Waals surface area contributed by atoms with E-state index in [0.717, 1.165) is 0 Å². The summed E-state index contributed by atoms with van der Waals surface area (Å²) in [6.45, 7) is 0. The van der Waals surface area contributed by atoms with Crippen LogP contribution >= 0.6 is 0 Å². The summed E-state index contributed by atoms with van der Waals surface area (Å²) in [5, 5.41) is 30.8. The number of aromatic carboxylic acids is 3. The van der Waals surface area contributed by atoms with Crippen LogP contribution in [0, 0.1) is 0 Å². The topological polar surface area (TPSA) is 159 Å². The molecule has 0 radical (unpaired) electrons. The third-order valence-corrected chi connectivity index (χ3v) is 1.18. The maximum atomic E-state index is 10.3.